The van der Waals surface area contributed by atoms with Crippen LogP contribution in [0.2, 0.25) is 0 Å². The number of thiazole rings is 1. The van der Waals surface area contributed by atoms with Gasteiger partial charge in [-0.15, -0.1) is 11.3 Å². The minimum Gasteiger partial charge on any atom is -0.375 e. The fourth-order valence-electron chi connectivity index (χ4n) is 2.34. The fraction of sp³-hybridized carbons (Fsp3) is 0.500. The topological polar surface area (TPSA) is 60.0 Å². The summed E-state index contributed by atoms with van der Waals surface area (Å²) in [7, 11) is 1.97. The third-order valence-electron chi connectivity index (χ3n) is 3.28. The van der Waals surface area contributed by atoms with Gasteiger partial charge in [-0.1, -0.05) is 0 Å². The van der Waals surface area contributed by atoms with Gasteiger partial charge in [-0.2, -0.15) is 16.9 Å². The molecule has 5 nitrogen and oxygen atoms in total. The third kappa shape index (κ3) is 2.93. The first-order valence-corrected chi connectivity index (χ1v) is 8.20. The van der Waals surface area contributed by atoms with Crippen molar-refractivity contribution >= 4 is 28.2 Å². The van der Waals surface area contributed by atoms with Gasteiger partial charge < -0.3 is 5.73 Å². The number of nitrogen functional groups attached to an aromatic ring is 1. The van der Waals surface area contributed by atoms with Crippen molar-refractivity contribution in [1.82, 2.24) is 19.7 Å². The van der Waals surface area contributed by atoms with Crippen molar-refractivity contribution < 1.29 is 0 Å². The van der Waals surface area contributed by atoms with E-state index in [9.17, 15) is 0 Å². The molecule has 0 amide bonds. The lowest BCUT2D eigenvalue weighted by Crippen LogP contribution is -2.35. The number of aryl methyl sites for hydroxylation is 1. The minimum atomic E-state index is 0.441. The first-order chi connectivity index (χ1) is 9.22. The number of anilines is 1. The Morgan fingerprint density at radius 1 is 1.47 bits per heavy atom. The van der Waals surface area contributed by atoms with Gasteiger partial charge in [-0.3, -0.25) is 9.58 Å². The maximum absolute atomic E-state index is 5.70. The van der Waals surface area contributed by atoms with Crippen molar-refractivity contribution in [3.8, 4) is 0 Å². The number of hydrogen-bond donors (Lipinski definition) is 1. The molecule has 2 aromatic heterocycles. The standard InChI is InChI=1S/C12H17N5S2/c1-16-6-9(4-15-16)11-8-18-3-2-17(11)7-10-5-14-12(13)19-10/h4-6,11H,2-3,7-8H2,1H3,(H2,13,14). The Morgan fingerprint density at radius 2 is 2.37 bits per heavy atom. The van der Waals surface area contributed by atoms with E-state index in [2.05, 4.69) is 21.2 Å². The largest absolute Gasteiger partial charge is 0.375 e. The molecule has 1 aliphatic rings. The Labute approximate surface area is 120 Å². The predicted octanol–water partition coefficient (Wildman–Crippen LogP) is 1.75. The molecule has 7 heteroatoms. The molecular formula is C12H17N5S2. The van der Waals surface area contributed by atoms with Crippen LogP contribution in [-0.2, 0) is 13.6 Å². The summed E-state index contributed by atoms with van der Waals surface area (Å²) in [6.45, 7) is 2.02. The SMILES string of the molecule is Cn1cc(C2CSCCN2Cc2cnc(N)s2)cn1. The van der Waals surface area contributed by atoms with E-state index in [1.54, 1.807) is 11.3 Å². The van der Waals surface area contributed by atoms with Crippen molar-refractivity contribution in [3.63, 3.8) is 0 Å². The molecule has 1 aliphatic heterocycles. The lowest BCUT2D eigenvalue weighted by molar-refractivity contribution is 0.214. The van der Waals surface area contributed by atoms with E-state index in [1.807, 2.05) is 35.9 Å². The van der Waals surface area contributed by atoms with Gasteiger partial charge >= 0.3 is 0 Å². The Bertz CT molecular complexity index is 550. The third-order valence-corrected chi connectivity index (χ3v) is 5.11. The monoisotopic (exact) mass is 295 g/mol. The zero-order valence-electron chi connectivity index (χ0n) is 10.8. The average molecular weight is 295 g/mol. The predicted molar refractivity (Wildman–Crippen MR) is 80.2 cm³/mol. The van der Waals surface area contributed by atoms with E-state index in [0.717, 1.165) is 18.8 Å². The molecular weight excluding hydrogens is 278 g/mol. The number of nitrogens with two attached hydrogens (primary N) is 1. The van der Waals surface area contributed by atoms with E-state index in [1.165, 1.54) is 16.2 Å². The number of hydrogen-bond acceptors (Lipinski definition) is 6. The average Bonchev–Trinajstić information content (AvgIpc) is 2.99. The summed E-state index contributed by atoms with van der Waals surface area (Å²) in [6.07, 6.45) is 5.98. The molecule has 1 atom stereocenters. The first kappa shape index (κ1) is 13.0. The zero-order valence-corrected chi connectivity index (χ0v) is 12.5. The van der Waals surface area contributed by atoms with Crippen LogP contribution in [0.15, 0.2) is 18.6 Å². The second kappa shape index (κ2) is 5.52. The van der Waals surface area contributed by atoms with E-state index >= 15 is 0 Å². The lowest BCUT2D eigenvalue weighted by Gasteiger charge is -2.34. The summed E-state index contributed by atoms with van der Waals surface area (Å²) in [4.78, 5) is 7.87. The van der Waals surface area contributed by atoms with Crippen LogP contribution in [0.1, 0.15) is 16.5 Å². The van der Waals surface area contributed by atoms with Crippen molar-refractivity contribution in [3.05, 3.63) is 29.0 Å². The van der Waals surface area contributed by atoms with Crippen LogP contribution in [0.5, 0.6) is 0 Å². The highest BCUT2D eigenvalue weighted by Gasteiger charge is 2.25. The molecule has 1 unspecified atom stereocenters. The van der Waals surface area contributed by atoms with Crippen LogP contribution in [0, 0.1) is 0 Å². The molecule has 0 aliphatic carbocycles. The molecule has 1 fully saturated rings. The Kier molecular flexibility index (Phi) is 3.76. The van der Waals surface area contributed by atoms with Crippen LogP contribution in [0.3, 0.4) is 0 Å². The van der Waals surface area contributed by atoms with Gasteiger partial charge in [0.25, 0.3) is 0 Å². The van der Waals surface area contributed by atoms with Crippen LogP contribution < -0.4 is 5.73 Å². The van der Waals surface area contributed by atoms with Gasteiger partial charge in [0.05, 0.1) is 6.20 Å². The molecule has 2 aromatic rings. The maximum Gasteiger partial charge on any atom is 0.180 e. The van der Waals surface area contributed by atoms with Gasteiger partial charge in [0.1, 0.15) is 0 Å². The Balaban J connectivity index is 1.77. The Morgan fingerprint density at radius 3 is 3.05 bits per heavy atom. The van der Waals surface area contributed by atoms with Gasteiger partial charge in [0.15, 0.2) is 5.13 Å². The van der Waals surface area contributed by atoms with Crippen molar-refractivity contribution in [2.45, 2.75) is 12.6 Å². The quantitative estimate of drug-likeness (QED) is 0.935. The molecule has 0 bridgehead atoms. The van der Waals surface area contributed by atoms with Gasteiger partial charge in [0, 0.05) is 60.5 Å². The molecule has 0 spiro atoms. The first-order valence-electron chi connectivity index (χ1n) is 6.23. The van der Waals surface area contributed by atoms with Gasteiger partial charge in [0.2, 0.25) is 0 Å². The van der Waals surface area contributed by atoms with Gasteiger partial charge in [-0.05, 0) is 0 Å². The fourth-order valence-corrected chi connectivity index (χ4v) is 4.21. The van der Waals surface area contributed by atoms with Crippen molar-refractivity contribution in [1.29, 1.82) is 0 Å². The van der Waals surface area contributed by atoms with Crippen molar-refractivity contribution in [2.75, 3.05) is 23.8 Å². The summed E-state index contributed by atoms with van der Waals surface area (Å²) >= 11 is 3.59. The summed E-state index contributed by atoms with van der Waals surface area (Å²) < 4.78 is 1.87. The molecule has 3 rings (SSSR count). The molecule has 19 heavy (non-hydrogen) atoms. The number of rotatable bonds is 3. The molecule has 1 saturated heterocycles. The van der Waals surface area contributed by atoms with Crippen LogP contribution in [0.25, 0.3) is 0 Å². The van der Waals surface area contributed by atoms with E-state index < -0.39 is 0 Å². The number of nitrogens with zero attached hydrogens (tertiary/aromatic N) is 4. The highest BCUT2D eigenvalue weighted by atomic mass is 32.2. The van der Waals surface area contributed by atoms with Crippen LogP contribution in [0.4, 0.5) is 5.13 Å². The highest BCUT2D eigenvalue weighted by molar-refractivity contribution is 7.99. The smallest absolute Gasteiger partial charge is 0.180 e. The normalized spacial score (nSPS) is 20.8. The summed E-state index contributed by atoms with van der Waals surface area (Å²) in [5, 5.41) is 4.94. The molecule has 0 aromatic carbocycles. The van der Waals surface area contributed by atoms with E-state index in [4.69, 9.17) is 5.73 Å². The number of thioether (sulfide) groups is 1. The second-order valence-electron chi connectivity index (χ2n) is 4.67. The summed E-state index contributed by atoms with van der Waals surface area (Å²) in [6, 6.07) is 0.441. The summed E-state index contributed by atoms with van der Waals surface area (Å²) in [5.74, 6) is 2.31. The van der Waals surface area contributed by atoms with Gasteiger partial charge in [-0.25, -0.2) is 4.98 Å². The summed E-state index contributed by atoms with van der Waals surface area (Å²) in [5.41, 5.74) is 7.00. The number of aromatic nitrogens is 3. The van der Waals surface area contributed by atoms with E-state index in [-0.39, 0.29) is 0 Å². The molecule has 3 heterocycles. The Hall–Kier alpha value is -1.05. The maximum atomic E-state index is 5.70. The molecule has 102 valence electrons. The highest BCUT2D eigenvalue weighted by Crippen LogP contribution is 2.31. The van der Waals surface area contributed by atoms with Crippen LogP contribution in [-0.4, -0.2) is 37.7 Å². The second-order valence-corrected chi connectivity index (χ2v) is 6.97. The molecule has 0 saturated carbocycles. The van der Waals surface area contributed by atoms with E-state index in [0.29, 0.717) is 11.2 Å². The zero-order chi connectivity index (χ0) is 13.2. The van der Waals surface area contributed by atoms with Crippen molar-refractivity contribution in [2.24, 2.45) is 7.05 Å². The van der Waals surface area contributed by atoms with Crippen LogP contribution >= 0.6 is 23.1 Å². The lowest BCUT2D eigenvalue weighted by atomic mass is 10.1. The minimum absolute atomic E-state index is 0.441. The molecule has 2 N–H and O–H groups in total. The molecule has 0 radical (unpaired) electrons.